The lowest BCUT2D eigenvalue weighted by atomic mass is 10.0. The Kier molecular flexibility index (Phi) is 4.54. The summed E-state index contributed by atoms with van der Waals surface area (Å²) in [7, 11) is 2.01. The van der Waals surface area contributed by atoms with E-state index in [9.17, 15) is 5.11 Å². The molecule has 140 valence electrons. The van der Waals surface area contributed by atoms with Gasteiger partial charge in [-0.15, -0.1) is 0 Å². The first-order chi connectivity index (χ1) is 12.5. The minimum absolute atomic E-state index is 0.291. The van der Waals surface area contributed by atoms with E-state index in [0.717, 1.165) is 41.6 Å². The molecule has 2 fully saturated rings. The molecular weight excluding hydrogens is 334 g/mol. The van der Waals surface area contributed by atoms with Gasteiger partial charge in [-0.1, -0.05) is 5.16 Å². The highest BCUT2D eigenvalue weighted by molar-refractivity contribution is 5.48. The number of anilines is 2. The molecule has 2 aromatic heterocycles. The standard InChI is InChI=1S/C18H25N5O3/c1-11-15(12(2)26-21-11)9-22(3)17-6-16(13-4-5-25-10-13)19-18(20-17)23-7-14(24)8-23/h6,13-14,24H,4-5,7-10H2,1-3H3. The van der Waals surface area contributed by atoms with Crippen LogP contribution in [-0.4, -0.2) is 59.7 Å². The van der Waals surface area contributed by atoms with Gasteiger partial charge < -0.3 is 24.2 Å². The highest BCUT2D eigenvalue weighted by Gasteiger charge is 2.29. The van der Waals surface area contributed by atoms with Crippen LogP contribution in [0.5, 0.6) is 0 Å². The van der Waals surface area contributed by atoms with E-state index >= 15 is 0 Å². The van der Waals surface area contributed by atoms with Gasteiger partial charge in [0.2, 0.25) is 5.95 Å². The van der Waals surface area contributed by atoms with E-state index in [1.807, 2.05) is 25.8 Å². The van der Waals surface area contributed by atoms with Crippen molar-refractivity contribution in [2.24, 2.45) is 0 Å². The topological polar surface area (TPSA) is 87.8 Å². The van der Waals surface area contributed by atoms with Gasteiger partial charge in [0.1, 0.15) is 11.6 Å². The third-order valence-electron chi connectivity index (χ3n) is 5.18. The fourth-order valence-electron chi connectivity index (χ4n) is 3.42. The predicted octanol–water partition coefficient (Wildman–Crippen LogP) is 1.40. The van der Waals surface area contributed by atoms with Crippen LogP contribution in [0.3, 0.4) is 0 Å². The Bertz CT molecular complexity index is 762. The van der Waals surface area contributed by atoms with Gasteiger partial charge in [0.05, 0.1) is 24.1 Å². The number of aliphatic hydroxyl groups is 1. The monoisotopic (exact) mass is 359 g/mol. The van der Waals surface area contributed by atoms with Crippen LogP contribution in [0.15, 0.2) is 10.6 Å². The average molecular weight is 359 g/mol. The van der Waals surface area contributed by atoms with E-state index in [1.165, 1.54) is 0 Å². The normalized spacial score (nSPS) is 20.5. The van der Waals surface area contributed by atoms with Crippen LogP contribution in [0.25, 0.3) is 0 Å². The van der Waals surface area contributed by atoms with Gasteiger partial charge in [0.15, 0.2) is 0 Å². The smallest absolute Gasteiger partial charge is 0.227 e. The molecule has 0 spiro atoms. The van der Waals surface area contributed by atoms with Gasteiger partial charge in [0.25, 0.3) is 0 Å². The number of β-amino-alcohol motifs (C(OH)–C–C–N with tert-alkyl or cyclic N) is 1. The Labute approximate surface area is 152 Å². The lowest BCUT2D eigenvalue weighted by Crippen LogP contribution is -2.51. The van der Waals surface area contributed by atoms with Crippen LogP contribution >= 0.6 is 0 Å². The summed E-state index contributed by atoms with van der Waals surface area (Å²) < 4.78 is 10.8. The Morgan fingerprint density at radius 2 is 2.12 bits per heavy atom. The summed E-state index contributed by atoms with van der Waals surface area (Å²) in [6.45, 7) is 7.18. The molecule has 2 aliphatic heterocycles. The Balaban J connectivity index is 1.63. The van der Waals surface area contributed by atoms with Gasteiger partial charge >= 0.3 is 0 Å². The van der Waals surface area contributed by atoms with Crippen molar-refractivity contribution >= 4 is 11.8 Å². The first-order valence-corrected chi connectivity index (χ1v) is 9.04. The van der Waals surface area contributed by atoms with E-state index < -0.39 is 0 Å². The molecule has 0 radical (unpaired) electrons. The zero-order valence-electron chi connectivity index (χ0n) is 15.5. The second-order valence-corrected chi connectivity index (χ2v) is 7.23. The summed E-state index contributed by atoms with van der Waals surface area (Å²) in [6.07, 6.45) is 0.687. The number of hydrogen-bond acceptors (Lipinski definition) is 8. The van der Waals surface area contributed by atoms with Crippen molar-refractivity contribution in [3.8, 4) is 0 Å². The van der Waals surface area contributed by atoms with Gasteiger partial charge in [0, 0.05) is 50.8 Å². The Morgan fingerprint density at radius 1 is 1.31 bits per heavy atom. The molecule has 2 saturated heterocycles. The molecule has 0 bridgehead atoms. The van der Waals surface area contributed by atoms with Gasteiger partial charge in [-0.05, 0) is 20.3 Å². The van der Waals surface area contributed by atoms with Crippen LogP contribution in [0.2, 0.25) is 0 Å². The van der Waals surface area contributed by atoms with E-state index in [0.29, 0.717) is 38.1 Å². The highest BCUT2D eigenvalue weighted by Crippen LogP contribution is 2.29. The van der Waals surface area contributed by atoms with Gasteiger partial charge in [-0.25, -0.2) is 4.98 Å². The molecule has 1 unspecified atom stereocenters. The summed E-state index contributed by atoms with van der Waals surface area (Å²) in [5.74, 6) is 2.67. The van der Waals surface area contributed by atoms with Crippen molar-refractivity contribution in [2.45, 2.75) is 38.8 Å². The number of rotatable bonds is 5. The molecule has 0 amide bonds. The third kappa shape index (κ3) is 3.26. The van der Waals surface area contributed by atoms with Crippen LogP contribution in [0, 0.1) is 13.8 Å². The predicted molar refractivity (Wildman–Crippen MR) is 96.5 cm³/mol. The van der Waals surface area contributed by atoms with Crippen molar-refractivity contribution in [1.29, 1.82) is 0 Å². The van der Waals surface area contributed by atoms with E-state index in [2.05, 4.69) is 16.1 Å². The number of aryl methyl sites for hydroxylation is 2. The van der Waals surface area contributed by atoms with Gasteiger partial charge in [-0.3, -0.25) is 0 Å². The summed E-state index contributed by atoms with van der Waals surface area (Å²) in [4.78, 5) is 13.6. The molecule has 0 saturated carbocycles. The SMILES string of the molecule is Cc1noc(C)c1CN(C)c1cc(C2CCOC2)nc(N2CC(O)C2)n1. The molecule has 4 rings (SSSR count). The first kappa shape index (κ1) is 17.2. The summed E-state index contributed by atoms with van der Waals surface area (Å²) in [5.41, 5.74) is 2.99. The zero-order chi connectivity index (χ0) is 18.3. The molecule has 2 aromatic rings. The fourth-order valence-corrected chi connectivity index (χ4v) is 3.42. The van der Waals surface area contributed by atoms with Crippen LogP contribution in [-0.2, 0) is 11.3 Å². The number of nitrogens with zero attached hydrogens (tertiary/aromatic N) is 5. The molecule has 8 nitrogen and oxygen atoms in total. The average Bonchev–Trinajstić information content (AvgIpc) is 3.24. The molecule has 0 aromatic carbocycles. The minimum Gasteiger partial charge on any atom is -0.389 e. The molecule has 1 N–H and O–H groups in total. The Hall–Kier alpha value is -2.19. The second kappa shape index (κ2) is 6.85. The van der Waals surface area contributed by atoms with E-state index in [-0.39, 0.29) is 6.10 Å². The lowest BCUT2D eigenvalue weighted by molar-refractivity contribution is 0.140. The molecule has 1 atom stereocenters. The number of aliphatic hydroxyl groups excluding tert-OH is 1. The quantitative estimate of drug-likeness (QED) is 0.857. The third-order valence-corrected chi connectivity index (χ3v) is 5.18. The summed E-state index contributed by atoms with van der Waals surface area (Å²) in [5, 5.41) is 13.7. The van der Waals surface area contributed by atoms with Crippen molar-refractivity contribution in [3.05, 3.63) is 28.8 Å². The highest BCUT2D eigenvalue weighted by atomic mass is 16.5. The van der Waals surface area contributed by atoms with Crippen molar-refractivity contribution < 1.29 is 14.4 Å². The van der Waals surface area contributed by atoms with Crippen LogP contribution in [0.1, 0.15) is 35.1 Å². The molecule has 0 aliphatic carbocycles. The fraction of sp³-hybridized carbons (Fsp3) is 0.611. The van der Waals surface area contributed by atoms with Gasteiger partial charge in [-0.2, -0.15) is 4.98 Å². The number of aromatic nitrogens is 3. The largest absolute Gasteiger partial charge is 0.389 e. The van der Waals surface area contributed by atoms with Crippen molar-refractivity contribution in [2.75, 3.05) is 43.2 Å². The molecule has 4 heterocycles. The number of hydrogen-bond donors (Lipinski definition) is 1. The summed E-state index contributed by atoms with van der Waals surface area (Å²) in [6, 6.07) is 2.05. The maximum Gasteiger partial charge on any atom is 0.227 e. The lowest BCUT2D eigenvalue weighted by Gasteiger charge is -2.36. The molecular formula is C18H25N5O3. The maximum absolute atomic E-state index is 9.63. The molecule has 2 aliphatic rings. The first-order valence-electron chi connectivity index (χ1n) is 9.04. The molecule has 8 heteroatoms. The van der Waals surface area contributed by atoms with Crippen molar-refractivity contribution in [1.82, 2.24) is 15.1 Å². The van der Waals surface area contributed by atoms with Crippen molar-refractivity contribution in [3.63, 3.8) is 0 Å². The summed E-state index contributed by atoms with van der Waals surface area (Å²) >= 11 is 0. The van der Waals surface area contributed by atoms with E-state index in [4.69, 9.17) is 19.2 Å². The van der Waals surface area contributed by atoms with Crippen LogP contribution < -0.4 is 9.80 Å². The Morgan fingerprint density at radius 3 is 2.73 bits per heavy atom. The van der Waals surface area contributed by atoms with E-state index in [1.54, 1.807) is 0 Å². The maximum atomic E-state index is 9.63. The number of ether oxygens (including phenoxy) is 1. The minimum atomic E-state index is -0.291. The van der Waals surface area contributed by atoms with Crippen LogP contribution in [0.4, 0.5) is 11.8 Å². The molecule has 26 heavy (non-hydrogen) atoms. The zero-order valence-corrected chi connectivity index (χ0v) is 15.5. The second-order valence-electron chi connectivity index (χ2n) is 7.23.